The zero-order valence-electron chi connectivity index (χ0n) is 13.7. The summed E-state index contributed by atoms with van der Waals surface area (Å²) in [5, 5.41) is 0. The Bertz CT molecular complexity index is 393. The Hall–Kier alpha value is -1.02. The van der Waals surface area contributed by atoms with Gasteiger partial charge < -0.3 is 10.5 Å². The highest BCUT2D eigenvalue weighted by atomic mass is 16.5. The molecule has 21 heavy (non-hydrogen) atoms. The van der Waals surface area contributed by atoms with Gasteiger partial charge in [0, 0.05) is 6.04 Å². The molecule has 2 heteroatoms. The Morgan fingerprint density at radius 2 is 1.76 bits per heavy atom. The smallest absolute Gasteiger partial charge is 0.119 e. The minimum absolute atomic E-state index is 0.428. The van der Waals surface area contributed by atoms with Crippen LogP contribution in [0.15, 0.2) is 24.3 Å². The van der Waals surface area contributed by atoms with E-state index in [0.29, 0.717) is 6.04 Å². The number of aryl methyl sites for hydroxylation is 1. The van der Waals surface area contributed by atoms with Crippen molar-refractivity contribution in [3.05, 3.63) is 29.8 Å². The van der Waals surface area contributed by atoms with Gasteiger partial charge in [0.2, 0.25) is 0 Å². The van der Waals surface area contributed by atoms with Crippen molar-refractivity contribution in [3.8, 4) is 5.75 Å². The molecule has 1 unspecified atom stereocenters. The van der Waals surface area contributed by atoms with E-state index in [9.17, 15) is 0 Å². The fourth-order valence-electron chi connectivity index (χ4n) is 3.53. The molecule has 118 valence electrons. The molecule has 2 nitrogen and oxygen atoms in total. The van der Waals surface area contributed by atoms with Gasteiger partial charge in [0.1, 0.15) is 5.75 Å². The summed E-state index contributed by atoms with van der Waals surface area (Å²) >= 11 is 0. The molecule has 1 aromatic rings. The van der Waals surface area contributed by atoms with E-state index in [1.165, 1.54) is 44.1 Å². The first-order valence-corrected chi connectivity index (χ1v) is 8.70. The van der Waals surface area contributed by atoms with Crippen molar-refractivity contribution in [3.63, 3.8) is 0 Å². The molecule has 1 atom stereocenters. The van der Waals surface area contributed by atoms with E-state index < -0.39 is 0 Å². The van der Waals surface area contributed by atoms with E-state index in [-0.39, 0.29) is 0 Å². The molecule has 2 rings (SSSR count). The van der Waals surface area contributed by atoms with E-state index in [0.717, 1.165) is 30.6 Å². The van der Waals surface area contributed by atoms with Crippen LogP contribution < -0.4 is 10.5 Å². The quantitative estimate of drug-likeness (QED) is 0.798. The first-order chi connectivity index (χ1) is 10.2. The van der Waals surface area contributed by atoms with Crippen molar-refractivity contribution in [1.82, 2.24) is 0 Å². The van der Waals surface area contributed by atoms with Gasteiger partial charge in [-0.15, -0.1) is 0 Å². The van der Waals surface area contributed by atoms with Crippen molar-refractivity contribution < 1.29 is 4.74 Å². The molecule has 0 aromatic heterocycles. The molecular weight excluding hydrogens is 258 g/mol. The van der Waals surface area contributed by atoms with Crippen LogP contribution in [0.2, 0.25) is 0 Å². The predicted octanol–water partition coefficient (Wildman–Crippen LogP) is 4.56. The first-order valence-electron chi connectivity index (χ1n) is 8.70. The fourth-order valence-corrected chi connectivity index (χ4v) is 3.53. The first kappa shape index (κ1) is 16.4. The van der Waals surface area contributed by atoms with Crippen LogP contribution in [-0.2, 0) is 6.42 Å². The van der Waals surface area contributed by atoms with E-state index in [1.807, 2.05) is 6.92 Å². The Kier molecular flexibility index (Phi) is 6.56. The summed E-state index contributed by atoms with van der Waals surface area (Å²) in [5.74, 6) is 2.66. The monoisotopic (exact) mass is 289 g/mol. The summed E-state index contributed by atoms with van der Waals surface area (Å²) in [6, 6.07) is 9.04. The van der Waals surface area contributed by atoms with Gasteiger partial charge in [-0.3, -0.25) is 0 Å². The topological polar surface area (TPSA) is 35.2 Å². The second-order valence-corrected chi connectivity index (χ2v) is 6.47. The summed E-state index contributed by atoms with van der Waals surface area (Å²) < 4.78 is 5.49. The summed E-state index contributed by atoms with van der Waals surface area (Å²) in [7, 11) is 0. The van der Waals surface area contributed by atoms with Crippen molar-refractivity contribution in [2.45, 2.75) is 64.8 Å². The molecule has 1 aromatic carbocycles. The normalized spacial score (nSPS) is 23.8. The lowest BCUT2D eigenvalue weighted by Crippen LogP contribution is -2.32. The van der Waals surface area contributed by atoms with Gasteiger partial charge in [-0.2, -0.15) is 0 Å². The molecule has 1 aliphatic rings. The van der Waals surface area contributed by atoms with E-state index in [2.05, 4.69) is 31.2 Å². The second kappa shape index (κ2) is 8.43. The number of hydrogen-bond donors (Lipinski definition) is 1. The van der Waals surface area contributed by atoms with Crippen LogP contribution in [0.25, 0.3) is 0 Å². The third-order valence-corrected chi connectivity index (χ3v) is 5.04. The molecule has 0 aliphatic heterocycles. The van der Waals surface area contributed by atoms with Gasteiger partial charge >= 0.3 is 0 Å². The van der Waals surface area contributed by atoms with Gasteiger partial charge in [-0.1, -0.05) is 31.9 Å². The SMILES string of the molecule is CCOc1ccc(CCC2CCC(C(N)CC)CC2)cc1. The number of benzene rings is 1. The fraction of sp³-hybridized carbons (Fsp3) is 0.684. The molecule has 2 N–H and O–H groups in total. The van der Waals surface area contributed by atoms with Crippen LogP contribution >= 0.6 is 0 Å². The van der Waals surface area contributed by atoms with Crippen molar-refractivity contribution in [2.24, 2.45) is 17.6 Å². The largest absolute Gasteiger partial charge is 0.494 e. The molecule has 0 saturated heterocycles. The lowest BCUT2D eigenvalue weighted by molar-refractivity contribution is 0.232. The van der Waals surface area contributed by atoms with E-state index >= 15 is 0 Å². The average Bonchev–Trinajstić information content (AvgIpc) is 2.54. The number of ether oxygens (including phenoxy) is 1. The van der Waals surface area contributed by atoms with Gasteiger partial charge in [0.25, 0.3) is 0 Å². The standard InChI is InChI=1S/C19H31NO/c1-3-19(20)17-11-7-15(8-12-17)5-6-16-9-13-18(14-10-16)21-4-2/h9-10,13-15,17,19H,3-8,11-12,20H2,1-2H3. The van der Waals surface area contributed by atoms with Gasteiger partial charge in [0.05, 0.1) is 6.61 Å². The second-order valence-electron chi connectivity index (χ2n) is 6.47. The Morgan fingerprint density at radius 1 is 1.10 bits per heavy atom. The Morgan fingerprint density at radius 3 is 2.33 bits per heavy atom. The van der Waals surface area contributed by atoms with Crippen molar-refractivity contribution >= 4 is 0 Å². The maximum atomic E-state index is 6.19. The highest BCUT2D eigenvalue weighted by Crippen LogP contribution is 2.33. The number of rotatable bonds is 7. The maximum absolute atomic E-state index is 6.19. The van der Waals surface area contributed by atoms with Gasteiger partial charge in [-0.25, -0.2) is 0 Å². The minimum atomic E-state index is 0.428. The highest BCUT2D eigenvalue weighted by Gasteiger charge is 2.24. The molecule has 1 fully saturated rings. The third-order valence-electron chi connectivity index (χ3n) is 5.04. The molecule has 0 amide bonds. The molecule has 1 saturated carbocycles. The molecule has 0 radical (unpaired) electrons. The molecule has 0 heterocycles. The van der Waals surface area contributed by atoms with Crippen molar-refractivity contribution in [1.29, 1.82) is 0 Å². The van der Waals surface area contributed by atoms with Gasteiger partial charge in [0.15, 0.2) is 0 Å². The van der Waals surface area contributed by atoms with Crippen LogP contribution in [0.5, 0.6) is 5.75 Å². The maximum Gasteiger partial charge on any atom is 0.119 e. The zero-order valence-corrected chi connectivity index (χ0v) is 13.7. The average molecular weight is 289 g/mol. The molecule has 0 spiro atoms. The Labute approximate surface area is 130 Å². The summed E-state index contributed by atoms with van der Waals surface area (Å²) in [5.41, 5.74) is 7.62. The molecule has 1 aliphatic carbocycles. The number of nitrogens with two attached hydrogens (primary N) is 1. The lowest BCUT2D eigenvalue weighted by atomic mass is 9.76. The number of hydrogen-bond acceptors (Lipinski definition) is 2. The summed E-state index contributed by atoms with van der Waals surface area (Å²) in [6.45, 7) is 4.97. The minimum Gasteiger partial charge on any atom is -0.494 e. The van der Waals surface area contributed by atoms with Gasteiger partial charge in [-0.05, 0) is 68.6 Å². The summed E-state index contributed by atoms with van der Waals surface area (Å²) in [6.07, 6.45) is 9.06. The zero-order chi connectivity index (χ0) is 15.1. The third kappa shape index (κ3) is 5.03. The highest BCUT2D eigenvalue weighted by molar-refractivity contribution is 5.27. The van der Waals surface area contributed by atoms with E-state index in [4.69, 9.17) is 10.5 Å². The van der Waals surface area contributed by atoms with Crippen LogP contribution in [0, 0.1) is 11.8 Å². The van der Waals surface area contributed by atoms with Crippen LogP contribution in [0.1, 0.15) is 57.9 Å². The van der Waals surface area contributed by atoms with Crippen LogP contribution in [0.4, 0.5) is 0 Å². The lowest BCUT2D eigenvalue weighted by Gasteiger charge is -2.31. The van der Waals surface area contributed by atoms with Crippen LogP contribution in [0.3, 0.4) is 0 Å². The van der Waals surface area contributed by atoms with Crippen molar-refractivity contribution in [2.75, 3.05) is 6.61 Å². The molecular formula is C19H31NO. The molecule has 0 bridgehead atoms. The Balaban J connectivity index is 1.72. The van der Waals surface area contributed by atoms with Crippen LogP contribution in [-0.4, -0.2) is 12.6 Å². The summed E-state index contributed by atoms with van der Waals surface area (Å²) in [4.78, 5) is 0. The van der Waals surface area contributed by atoms with E-state index in [1.54, 1.807) is 0 Å². The predicted molar refractivity (Wildman–Crippen MR) is 89.6 cm³/mol.